The molecular weight excluding hydrogens is 256 g/mol. The molecule has 8 heteroatoms. The maximum absolute atomic E-state index is 5.82. The van der Waals surface area contributed by atoms with Gasteiger partial charge in [0.05, 0.1) is 6.54 Å². The van der Waals surface area contributed by atoms with Gasteiger partial charge >= 0.3 is 0 Å². The molecule has 0 radical (unpaired) electrons. The molecule has 2 aromatic heterocycles. The van der Waals surface area contributed by atoms with Crippen molar-refractivity contribution in [3.63, 3.8) is 0 Å². The van der Waals surface area contributed by atoms with E-state index in [-0.39, 0.29) is 5.28 Å². The van der Waals surface area contributed by atoms with Crippen molar-refractivity contribution in [2.45, 2.75) is 13.5 Å². The summed E-state index contributed by atoms with van der Waals surface area (Å²) in [5.74, 6) is 1.66. The molecule has 0 aliphatic carbocycles. The fourth-order valence-corrected chi connectivity index (χ4v) is 1.45. The highest BCUT2D eigenvalue weighted by Crippen LogP contribution is 2.12. The van der Waals surface area contributed by atoms with Gasteiger partial charge in [0.1, 0.15) is 11.5 Å². The Labute approximate surface area is 109 Å². The van der Waals surface area contributed by atoms with E-state index in [1.54, 1.807) is 4.90 Å². The standard InChI is InChI=1S/C10H13ClN6O/c1-6-4-7(16-18-6)5-12-9-13-8(11)14-10(15-9)17(2)3/h4H,5H2,1-3H3,(H,12,13,14,15). The molecule has 0 aromatic carbocycles. The third kappa shape index (κ3) is 3.07. The predicted octanol–water partition coefficient (Wildman–Crippen LogP) is 1.50. The van der Waals surface area contributed by atoms with Gasteiger partial charge in [0, 0.05) is 20.2 Å². The molecule has 0 saturated carbocycles. The number of aryl methyl sites for hydroxylation is 1. The zero-order valence-corrected chi connectivity index (χ0v) is 11.1. The van der Waals surface area contributed by atoms with Crippen molar-refractivity contribution < 1.29 is 4.52 Å². The average Bonchev–Trinajstić information content (AvgIpc) is 2.72. The van der Waals surface area contributed by atoms with Crippen LogP contribution in [-0.4, -0.2) is 34.2 Å². The molecule has 0 saturated heterocycles. The summed E-state index contributed by atoms with van der Waals surface area (Å²) in [5.41, 5.74) is 0.774. The summed E-state index contributed by atoms with van der Waals surface area (Å²) in [7, 11) is 3.66. The molecule has 2 heterocycles. The van der Waals surface area contributed by atoms with Crippen molar-refractivity contribution in [1.29, 1.82) is 0 Å². The highest BCUT2D eigenvalue weighted by molar-refractivity contribution is 6.28. The van der Waals surface area contributed by atoms with E-state index in [0.717, 1.165) is 11.5 Å². The van der Waals surface area contributed by atoms with E-state index in [9.17, 15) is 0 Å². The minimum atomic E-state index is 0.146. The van der Waals surface area contributed by atoms with Gasteiger partial charge in [-0.05, 0) is 18.5 Å². The first-order chi connectivity index (χ1) is 8.54. The smallest absolute Gasteiger partial charge is 0.230 e. The minimum Gasteiger partial charge on any atom is -0.361 e. The molecule has 2 aromatic rings. The number of hydrogen-bond donors (Lipinski definition) is 1. The van der Waals surface area contributed by atoms with Crippen molar-refractivity contribution in [1.82, 2.24) is 20.1 Å². The molecule has 7 nitrogen and oxygen atoms in total. The zero-order chi connectivity index (χ0) is 13.1. The first-order valence-electron chi connectivity index (χ1n) is 5.29. The Hall–Kier alpha value is -1.89. The highest BCUT2D eigenvalue weighted by Gasteiger charge is 2.07. The lowest BCUT2D eigenvalue weighted by atomic mass is 10.4. The van der Waals surface area contributed by atoms with Crippen LogP contribution >= 0.6 is 11.6 Å². The van der Waals surface area contributed by atoms with Crippen molar-refractivity contribution in [2.75, 3.05) is 24.3 Å². The third-order valence-electron chi connectivity index (χ3n) is 2.10. The second-order valence-electron chi connectivity index (χ2n) is 3.90. The molecule has 1 N–H and O–H groups in total. The molecule has 0 atom stereocenters. The molecule has 0 amide bonds. The van der Waals surface area contributed by atoms with Crippen LogP contribution in [0.1, 0.15) is 11.5 Å². The molecule has 0 spiro atoms. The van der Waals surface area contributed by atoms with Crippen LogP contribution in [-0.2, 0) is 6.54 Å². The Balaban J connectivity index is 2.09. The second kappa shape index (κ2) is 5.18. The Morgan fingerprint density at radius 3 is 2.72 bits per heavy atom. The normalized spacial score (nSPS) is 10.4. The fraction of sp³-hybridized carbons (Fsp3) is 0.400. The van der Waals surface area contributed by atoms with Crippen molar-refractivity contribution in [3.05, 3.63) is 22.8 Å². The zero-order valence-electron chi connectivity index (χ0n) is 10.3. The highest BCUT2D eigenvalue weighted by atomic mass is 35.5. The number of rotatable bonds is 4. The molecule has 0 unspecified atom stereocenters. The number of nitrogens with one attached hydrogen (secondary N) is 1. The number of halogens is 1. The molecule has 0 aliphatic rings. The second-order valence-corrected chi connectivity index (χ2v) is 4.24. The van der Waals surface area contributed by atoms with Crippen LogP contribution in [0.5, 0.6) is 0 Å². The Morgan fingerprint density at radius 1 is 1.33 bits per heavy atom. The summed E-state index contributed by atoms with van der Waals surface area (Å²) in [6.07, 6.45) is 0. The molecule has 0 bridgehead atoms. The molecular formula is C10H13ClN6O. The summed E-state index contributed by atoms with van der Waals surface area (Å²) in [6.45, 7) is 2.30. The monoisotopic (exact) mass is 268 g/mol. The number of nitrogens with zero attached hydrogens (tertiary/aromatic N) is 5. The lowest BCUT2D eigenvalue weighted by Crippen LogP contribution is -2.15. The Kier molecular flexibility index (Phi) is 3.61. The summed E-state index contributed by atoms with van der Waals surface area (Å²) in [6, 6.07) is 1.84. The van der Waals surface area contributed by atoms with Gasteiger partial charge in [0.15, 0.2) is 0 Å². The van der Waals surface area contributed by atoms with Gasteiger partial charge in [-0.2, -0.15) is 15.0 Å². The van der Waals surface area contributed by atoms with Gasteiger partial charge in [0.25, 0.3) is 0 Å². The van der Waals surface area contributed by atoms with E-state index in [4.69, 9.17) is 16.1 Å². The largest absolute Gasteiger partial charge is 0.361 e. The van der Waals surface area contributed by atoms with E-state index in [0.29, 0.717) is 18.4 Å². The average molecular weight is 269 g/mol. The SMILES string of the molecule is Cc1cc(CNc2nc(Cl)nc(N(C)C)n2)no1. The molecule has 18 heavy (non-hydrogen) atoms. The van der Waals surface area contributed by atoms with Crippen LogP contribution in [0.15, 0.2) is 10.6 Å². The lowest BCUT2D eigenvalue weighted by Gasteiger charge is -2.11. The van der Waals surface area contributed by atoms with Gasteiger partial charge in [-0.15, -0.1) is 0 Å². The molecule has 2 rings (SSSR count). The van der Waals surface area contributed by atoms with Crippen molar-refractivity contribution in [2.24, 2.45) is 0 Å². The van der Waals surface area contributed by atoms with E-state index in [2.05, 4.69) is 25.4 Å². The Morgan fingerprint density at radius 2 is 2.11 bits per heavy atom. The molecule has 96 valence electrons. The van der Waals surface area contributed by atoms with E-state index in [1.807, 2.05) is 27.1 Å². The predicted molar refractivity (Wildman–Crippen MR) is 67.7 cm³/mol. The van der Waals surface area contributed by atoms with Gasteiger partial charge in [0.2, 0.25) is 17.2 Å². The van der Waals surface area contributed by atoms with Crippen LogP contribution in [0.4, 0.5) is 11.9 Å². The van der Waals surface area contributed by atoms with Crippen molar-refractivity contribution >= 4 is 23.5 Å². The van der Waals surface area contributed by atoms with Gasteiger partial charge in [-0.1, -0.05) is 5.16 Å². The molecule has 0 aliphatic heterocycles. The van der Waals surface area contributed by atoms with Gasteiger partial charge < -0.3 is 14.7 Å². The summed E-state index contributed by atoms with van der Waals surface area (Å²) < 4.78 is 4.96. The lowest BCUT2D eigenvalue weighted by molar-refractivity contribution is 0.391. The third-order valence-corrected chi connectivity index (χ3v) is 2.27. The van der Waals surface area contributed by atoms with Gasteiger partial charge in [-0.3, -0.25) is 0 Å². The first-order valence-corrected chi connectivity index (χ1v) is 5.67. The minimum absolute atomic E-state index is 0.146. The number of aromatic nitrogens is 4. The maximum atomic E-state index is 5.82. The number of hydrogen-bond acceptors (Lipinski definition) is 7. The fourth-order valence-electron chi connectivity index (χ4n) is 1.29. The van der Waals surface area contributed by atoms with Crippen LogP contribution < -0.4 is 10.2 Å². The van der Waals surface area contributed by atoms with E-state index >= 15 is 0 Å². The molecule has 0 fully saturated rings. The maximum Gasteiger partial charge on any atom is 0.230 e. The van der Waals surface area contributed by atoms with Crippen molar-refractivity contribution in [3.8, 4) is 0 Å². The topological polar surface area (TPSA) is 80.0 Å². The van der Waals surface area contributed by atoms with Gasteiger partial charge in [-0.25, -0.2) is 0 Å². The quantitative estimate of drug-likeness (QED) is 0.900. The van der Waals surface area contributed by atoms with E-state index in [1.165, 1.54) is 0 Å². The van der Waals surface area contributed by atoms with Crippen LogP contribution in [0.25, 0.3) is 0 Å². The Bertz CT molecular complexity index is 541. The van der Waals surface area contributed by atoms with Crippen LogP contribution in [0, 0.1) is 6.92 Å². The van der Waals surface area contributed by atoms with Crippen LogP contribution in [0.3, 0.4) is 0 Å². The summed E-state index contributed by atoms with van der Waals surface area (Å²) in [4.78, 5) is 13.9. The summed E-state index contributed by atoms with van der Waals surface area (Å²) in [5, 5.41) is 7.02. The van der Waals surface area contributed by atoms with Crippen LogP contribution in [0.2, 0.25) is 5.28 Å². The summed E-state index contributed by atoms with van der Waals surface area (Å²) >= 11 is 5.82. The van der Waals surface area contributed by atoms with E-state index < -0.39 is 0 Å². The first kappa shape index (κ1) is 12.6. The number of anilines is 2.